The number of aromatic nitrogens is 3. The number of thiophene rings is 1. The van der Waals surface area contributed by atoms with Crippen molar-refractivity contribution in [1.82, 2.24) is 30.1 Å². The van der Waals surface area contributed by atoms with Crippen LogP contribution in [0.25, 0.3) is 32.4 Å². The minimum atomic E-state index is -1.08. The number of benzene rings is 2. The topological polar surface area (TPSA) is 200 Å². The third kappa shape index (κ3) is 11.2. The number of nitrogens with zero attached hydrogens (tertiary/aromatic N) is 4. The second-order valence-electron chi connectivity index (χ2n) is 17.8. The molecule has 8 rings (SSSR count). The summed E-state index contributed by atoms with van der Waals surface area (Å²) in [5, 5.41) is 14.6. The average molecular weight is 922 g/mol. The number of nitrogens with two attached hydrogens (primary N) is 1. The first-order valence-corrected chi connectivity index (χ1v) is 24.6. The van der Waals surface area contributed by atoms with Gasteiger partial charge < -0.3 is 45.2 Å². The normalized spacial score (nSPS) is 16.0. The number of unbranched alkanes of at least 4 members (excludes halogenated alkanes) is 1. The van der Waals surface area contributed by atoms with Crippen LogP contribution in [0.3, 0.4) is 0 Å². The lowest BCUT2D eigenvalue weighted by molar-refractivity contribution is -0.137. The second-order valence-corrected chi connectivity index (χ2v) is 18.9. The summed E-state index contributed by atoms with van der Waals surface area (Å²) in [7, 11) is 0. The molecule has 5 heterocycles. The molecule has 15 nitrogen and oxygen atoms in total. The predicted octanol–water partition coefficient (Wildman–Crippen LogP) is 7.78. The zero-order valence-electron chi connectivity index (χ0n) is 37.9. The zero-order chi connectivity index (χ0) is 46.0. The molecule has 1 atom stereocenters. The number of rotatable bonds is 21. The van der Waals surface area contributed by atoms with Gasteiger partial charge in [0.2, 0.25) is 11.8 Å². The summed E-state index contributed by atoms with van der Waals surface area (Å²) < 4.78 is 20.6. The van der Waals surface area contributed by atoms with Gasteiger partial charge in [-0.15, -0.1) is 11.3 Å². The Balaban J connectivity index is 0.747. The molecule has 0 unspecified atom stereocenters. The molecule has 2 aliphatic heterocycles. The first-order chi connectivity index (χ1) is 32.2. The molecule has 2 fully saturated rings. The summed E-state index contributed by atoms with van der Waals surface area (Å²) in [6.07, 6.45) is 7.30. The molecule has 0 bridgehead atoms. The number of carboxylic acid groups (broad SMARTS) is 1. The van der Waals surface area contributed by atoms with Crippen LogP contribution in [0.1, 0.15) is 111 Å². The van der Waals surface area contributed by atoms with Gasteiger partial charge in [-0.3, -0.25) is 14.4 Å². The molecule has 5 aromatic rings. The van der Waals surface area contributed by atoms with Crippen molar-refractivity contribution >= 4 is 62.3 Å². The van der Waals surface area contributed by atoms with Crippen molar-refractivity contribution in [3.63, 3.8) is 0 Å². The molecule has 3 amide bonds. The van der Waals surface area contributed by atoms with E-state index in [1.807, 2.05) is 64.8 Å². The summed E-state index contributed by atoms with van der Waals surface area (Å²) in [6.45, 7) is 7.28. The zero-order valence-corrected chi connectivity index (χ0v) is 38.8. The lowest BCUT2D eigenvalue weighted by atomic mass is 9.95. The van der Waals surface area contributed by atoms with Crippen molar-refractivity contribution in [2.75, 3.05) is 58.4 Å². The number of ether oxygens (including phenoxy) is 3. The van der Waals surface area contributed by atoms with Crippen LogP contribution in [-0.4, -0.2) is 107 Å². The highest BCUT2D eigenvalue weighted by molar-refractivity contribution is 7.20. The van der Waals surface area contributed by atoms with E-state index >= 15 is 0 Å². The maximum Gasteiger partial charge on any atom is 0.407 e. The van der Waals surface area contributed by atoms with Crippen LogP contribution < -0.4 is 16.4 Å². The van der Waals surface area contributed by atoms with E-state index in [1.165, 1.54) is 4.88 Å². The molecular formula is C50H63N7O8S. The monoisotopic (exact) mass is 921 g/mol. The van der Waals surface area contributed by atoms with Crippen LogP contribution in [0.5, 0.6) is 0 Å². The predicted molar refractivity (Wildman–Crippen MR) is 255 cm³/mol. The highest BCUT2D eigenvalue weighted by Gasteiger charge is 2.31. The number of nitrogens with one attached hydrogen (secondary N) is 2. The van der Waals surface area contributed by atoms with E-state index in [2.05, 4.69) is 28.2 Å². The smallest absolute Gasteiger partial charge is 0.407 e. The van der Waals surface area contributed by atoms with Crippen LogP contribution in [-0.2, 0) is 41.6 Å². The molecule has 0 saturated carbocycles. The number of carbonyl (C=O) groups excluding carboxylic acids is 3. The molecule has 5 N–H and O–H groups in total. The van der Waals surface area contributed by atoms with E-state index in [9.17, 15) is 24.3 Å². The van der Waals surface area contributed by atoms with Gasteiger partial charge in [-0.2, -0.15) is 0 Å². The Morgan fingerprint density at radius 2 is 1.65 bits per heavy atom. The molecule has 2 saturated heterocycles. The fourth-order valence-corrected chi connectivity index (χ4v) is 11.0. The van der Waals surface area contributed by atoms with Crippen molar-refractivity contribution < 1.29 is 38.5 Å². The van der Waals surface area contributed by atoms with Crippen LogP contribution >= 0.6 is 11.3 Å². The number of likely N-dealkylation sites (tertiary alicyclic amines) is 1. The van der Waals surface area contributed by atoms with Crippen LogP contribution in [0.2, 0.25) is 0 Å². The number of imidazole rings is 1. The lowest BCUT2D eigenvalue weighted by Gasteiger charge is -2.31. The van der Waals surface area contributed by atoms with Crippen molar-refractivity contribution in [2.45, 2.75) is 108 Å². The number of pyridine rings is 1. The third-order valence-corrected chi connectivity index (χ3v) is 14.6. The first kappa shape index (κ1) is 46.9. The Morgan fingerprint density at radius 3 is 2.36 bits per heavy atom. The molecule has 2 aromatic carbocycles. The van der Waals surface area contributed by atoms with Crippen molar-refractivity contribution in [3.8, 4) is 11.1 Å². The average Bonchev–Trinajstić information content (AvgIpc) is 4.02. The second kappa shape index (κ2) is 22.3. The number of anilines is 1. The lowest BCUT2D eigenvalue weighted by Crippen LogP contribution is -2.47. The largest absolute Gasteiger partial charge is 0.481 e. The van der Waals surface area contributed by atoms with E-state index < -0.39 is 24.0 Å². The number of amides is 3. The quantitative estimate of drug-likeness (QED) is 0.0524. The minimum absolute atomic E-state index is 0.0748. The molecule has 16 heteroatoms. The number of piperidine rings is 1. The Labute approximate surface area is 389 Å². The summed E-state index contributed by atoms with van der Waals surface area (Å²) >= 11 is 1.81. The van der Waals surface area contributed by atoms with Gasteiger partial charge in [-0.25, -0.2) is 14.8 Å². The van der Waals surface area contributed by atoms with Gasteiger partial charge >= 0.3 is 12.1 Å². The van der Waals surface area contributed by atoms with Gasteiger partial charge in [-0.05, 0) is 91.5 Å². The van der Waals surface area contributed by atoms with Gasteiger partial charge in [0, 0.05) is 82.7 Å². The van der Waals surface area contributed by atoms with Crippen LogP contribution in [0.15, 0.2) is 54.6 Å². The van der Waals surface area contributed by atoms with Gasteiger partial charge in [0.25, 0.3) is 0 Å². The number of carbonyl (C=O) groups is 4. The molecule has 0 spiro atoms. The van der Waals surface area contributed by atoms with E-state index in [-0.39, 0.29) is 37.8 Å². The van der Waals surface area contributed by atoms with E-state index in [0.29, 0.717) is 63.2 Å². The van der Waals surface area contributed by atoms with Gasteiger partial charge in [0.05, 0.1) is 15.7 Å². The number of nitrogen functional groups attached to an aromatic ring is 1. The van der Waals surface area contributed by atoms with Crippen LogP contribution in [0.4, 0.5) is 10.6 Å². The SMILES string of the molecule is CCCCc1nc2c(N)nc3cc(C4CCN(C(=O)CCCOCCCNC(=O)[C@H](CCC(=O)O)NC(=O)OCC5c6ccccc6-c6ccccc65)CC4)sc3c2n1CC1CCOCC1. The van der Waals surface area contributed by atoms with Crippen molar-refractivity contribution in [1.29, 1.82) is 0 Å². The van der Waals surface area contributed by atoms with Gasteiger partial charge in [0.1, 0.15) is 24.0 Å². The highest BCUT2D eigenvalue weighted by atomic mass is 32.1. The van der Waals surface area contributed by atoms with Gasteiger partial charge in [-0.1, -0.05) is 61.9 Å². The standard InChI is InChI=1S/C50H63N7O8S/c1-2-3-14-42-55-45-46(57(42)30-32-20-27-64-28-21-32)47-40(53-48(45)51)29-41(66-47)33-18-23-56(24-19-33)43(58)15-8-25-63-26-9-22-52-49(61)39(16-17-44(59)60)54-50(62)65-31-38-36-12-6-4-10-34(36)35-11-5-7-13-37(35)38/h4-7,10-13,29,32-33,38-39H,2-3,8-9,14-28,30-31H2,1H3,(H2,51,53)(H,52,61)(H,54,62)(H,59,60)/t39-/m0/s1. The first-order valence-electron chi connectivity index (χ1n) is 23.8. The highest BCUT2D eigenvalue weighted by Crippen LogP contribution is 2.45. The Kier molecular flexibility index (Phi) is 15.8. The Morgan fingerprint density at radius 1 is 0.939 bits per heavy atom. The molecule has 66 heavy (non-hydrogen) atoms. The third-order valence-electron chi connectivity index (χ3n) is 13.3. The van der Waals surface area contributed by atoms with Crippen molar-refractivity contribution in [2.24, 2.45) is 5.92 Å². The number of carboxylic acids is 1. The molecule has 3 aliphatic rings. The summed E-state index contributed by atoms with van der Waals surface area (Å²) in [4.78, 5) is 63.7. The number of aryl methyl sites for hydroxylation is 1. The number of alkyl carbamates (subject to hydrolysis) is 1. The number of aliphatic carboxylic acids is 1. The molecule has 1 aliphatic carbocycles. The fraction of sp³-hybridized carbons (Fsp3) is 0.520. The Bertz CT molecular complexity index is 2450. The maximum atomic E-state index is 13.2. The van der Waals surface area contributed by atoms with E-state index in [0.717, 1.165) is 114 Å². The minimum Gasteiger partial charge on any atom is -0.481 e. The fourth-order valence-electron chi connectivity index (χ4n) is 9.68. The molecular weight excluding hydrogens is 859 g/mol. The summed E-state index contributed by atoms with van der Waals surface area (Å²) in [6, 6.07) is 17.1. The van der Waals surface area contributed by atoms with Gasteiger partial charge in [0.15, 0.2) is 5.82 Å². The molecule has 3 aromatic heterocycles. The Hall–Kier alpha value is -5.58. The maximum absolute atomic E-state index is 13.2. The molecule has 0 radical (unpaired) electrons. The summed E-state index contributed by atoms with van der Waals surface area (Å²) in [5.41, 5.74) is 13.8. The number of hydrogen-bond donors (Lipinski definition) is 4. The van der Waals surface area contributed by atoms with Crippen LogP contribution in [0, 0.1) is 5.92 Å². The van der Waals surface area contributed by atoms with E-state index in [4.69, 9.17) is 29.9 Å². The number of fused-ring (bicyclic) bond motifs is 6. The number of hydrogen-bond acceptors (Lipinski definition) is 11. The molecule has 352 valence electrons. The summed E-state index contributed by atoms with van der Waals surface area (Å²) in [5.74, 6) is 0.891. The van der Waals surface area contributed by atoms with E-state index in [1.54, 1.807) is 0 Å². The van der Waals surface area contributed by atoms with Crippen molar-refractivity contribution in [3.05, 3.63) is 76.4 Å².